The van der Waals surface area contributed by atoms with Gasteiger partial charge in [-0.05, 0) is 12.1 Å². The Labute approximate surface area is 104 Å². The zero-order valence-electron chi connectivity index (χ0n) is 8.97. The molecule has 19 heavy (non-hydrogen) atoms. The van der Waals surface area contributed by atoms with Crippen molar-refractivity contribution in [2.45, 2.75) is 0 Å². The molecule has 0 fully saturated rings. The minimum Gasteiger partial charge on any atom is -0.478 e. The second-order valence-corrected chi connectivity index (χ2v) is 4.95. The standard InChI is InChI=1S/C9H7O9P/c10-7(11)3-1-4(8(12)13)6(9(14)15)5(2-3)19(16,17)18/h1-2H,(H,10,11)(H,12,13)(H,14,15)(H2,16,17,18). The summed E-state index contributed by atoms with van der Waals surface area (Å²) >= 11 is 0. The Morgan fingerprint density at radius 3 is 1.74 bits per heavy atom. The summed E-state index contributed by atoms with van der Waals surface area (Å²) in [5, 5.41) is 25.2. The number of carboxylic acid groups (broad SMARTS) is 3. The van der Waals surface area contributed by atoms with Gasteiger partial charge in [0, 0.05) is 0 Å². The highest BCUT2D eigenvalue weighted by atomic mass is 31.2. The van der Waals surface area contributed by atoms with Gasteiger partial charge in [0.15, 0.2) is 0 Å². The molecule has 0 amide bonds. The van der Waals surface area contributed by atoms with Crippen LogP contribution in [0.15, 0.2) is 12.1 Å². The summed E-state index contributed by atoms with van der Waals surface area (Å²) in [4.78, 5) is 50.5. The van der Waals surface area contributed by atoms with E-state index in [1.807, 2.05) is 0 Å². The fourth-order valence-corrected chi connectivity index (χ4v) is 2.19. The van der Waals surface area contributed by atoms with E-state index in [1.54, 1.807) is 0 Å². The van der Waals surface area contributed by atoms with Crippen molar-refractivity contribution in [2.24, 2.45) is 0 Å². The molecule has 0 aliphatic carbocycles. The second-order valence-electron chi connectivity index (χ2n) is 3.38. The van der Waals surface area contributed by atoms with Crippen LogP contribution >= 0.6 is 7.60 Å². The van der Waals surface area contributed by atoms with Crippen molar-refractivity contribution in [1.82, 2.24) is 0 Å². The molecule has 1 aromatic carbocycles. The first-order chi connectivity index (χ1) is 8.55. The number of carbonyl (C=O) groups is 3. The third-order valence-corrected chi connectivity index (χ3v) is 3.10. The maximum absolute atomic E-state index is 11.2. The Bertz CT molecular complexity index is 627. The molecular formula is C9H7O9P. The van der Waals surface area contributed by atoms with Crippen LogP contribution < -0.4 is 5.30 Å². The lowest BCUT2D eigenvalue weighted by molar-refractivity contribution is 0.0650. The predicted octanol–water partition coefficient (Wildman–Crippen LogP) is -0.416. The second kappa shape index (κ2) is 4.81. The molecule has 0 bridgehead atoms. The van der Waals surface area contributed by atoms with E-state index in [9.17, 15) is 18.9 Å². The first-order valence-electron chi connectivity index (χ1n) is 4.49. The smallest absolute Gasteiger partial charge is 0.357 e. The van der Waals surface area contributed by atoms with E-state index in [-0.39, 0.29) is 0 Å². The van der Waals surface area contributed by atoms with Crippen molar-refractivity contribution < 1.29 is 44.1 Å². The van der Waals surface area contributed by atoms with E-state index >= 15 is 0 Å². The molecule has 102 valence electrons. The number of hydrogen-bond donors (Lipinski definition) is 5. The Hall–Kier alpha value is -2.22. The van der Waals surface area contributed by atoms with E-state index in [0.717, 1.165) is 0 Å². The highest BCUT2D eigenvalue weighted by molar-refractivity contribution is 7.60. The molecule has 0 spiro atoms. The summed E-state index contributed by atoms with van der Waals surface area (Å²) in [6, 6.07) is 0.965. The molecule has 0 aliphatic heterocycles. The van der Waals surface area contributed by atoms with Crippen LogP contribution in [-0.4, -0.2) is 43.0 Å². The van der Waals surface area contributed by atoms with Crippen molar-refractivity contribution in [3.8, 4) is 0 Å². The topological polar surface area (TPSA) is 169 Å². The van der Waals surface area contributed by atoms with Crippen molar-refractivity contribution in [1.29, 1.82) is 0 Å². The average Bonchev–Trinajstić information content (AvgIpc) is 2.25. The molecule has 0 unspecified atom stereocenters. The summed E-state index contributed by atoms with van der Waals surface area (Å²) in [6.45, 7) is 0. The lowest BCUT2D eigenvalue weighted by Gasteiger charge is -2.11. The normalized spacial score (nSPS) is 11.1. The van der Waals surface area contributed by atoms with Gasteiger partial charge >= 0.3 is 25.5 Å². The zero-order chi connectivity index (χ0) is 15.0. The summed E-state index contributed by atoms with van der Waals surface area (Å²) in [6.07, 6.45) is 0. The lowest BCUT2D eigenvalue weighted by Crippen LogP contribution is -2.23. The van der Waals surface area contributed by atoms with Gasteiger partial charge in [-0.25, -0.2) is 14.4 Å². The predicted molar refractivity (Wildman–Crippen MR) is 59.0 cm³/mol. The maximum Gasteiger partial charge on any atom is 0.357 e. The van der Waals surface area contributed by atoms with Crippen LogP contribution in [0, 0.1) is 0 Å². The number of aromatic carboxylic acids is 3. The van der Waals surface area contributed by atoms with E-state index < -0.39 is 47.5 Å². The Kier molecular flexibility index (Phi) is 3.75. The summed E-state index contributed by atoms with van der Waals surface area (Å²) in [7, 11) is -5.15. The van der Waals surface area contributed by atoms with Crippen LogP contribution in [-0.2, 0) is 4.57 Å². The minimum absolute atomic E-state index is 0.443. The van der Waals surface area contributed by atoms with E-state index in [0.29, 0.717) is 12.1 Å². The van der Waals surface area contributed by atoms with Crippen LogP contribution in [0.1, 0.15) is 31.1 Å². The monoisotopic (exact) mass is 290 g/mol. The van der Waals surface area contributed by atoms with Crippen LogP contribution in [0.5, 0.6) is 0 Å². The van der Waals surface area contributed by atoms with Crippen molar-refractivity contribution >= 4 is 30.8 Å². The highest BCUT2D eigenvalue weighted by Gasteiger charge is 2.31. The van der Waals surface area contributed by atoms with Crippen LogP contribution in [0.3, 0.4) is 0 Å². The number of rotatable bonds is 4. The average molecular weight is 290 g/mol. The summed E-state index contributed by atoms with van der Waals surface area (Å²) < 4.78 is 11.2. The van der Waals surface area contributed by atoms with E-state index in [4.69, 9.17) is 25.1 Å². The third kappa shape index (κ3) is 2.97. The van der Waals surface area contributed by atoms with Crippen LogP contribution in [0.2, 0.25) is 0 Å². The molecule has 9 nitrogen and oxygen atoms in total. The SMILES string of the molecule is O=C(O)c1cc(C(=O)O)c(C(=O)O)c(P(=O)(O)O)c1. The van der Waals surface area contributed by atoms with Crippen LogP contribution in [0.4, 0.5) is 0 Å². The van der Waals surface area contributed by atoms with Gasteiger partial charge in [-0.3, -0.25) is 4.57 Å². The number of hydrogen-bond acceptors (Lipinski definition) is 4. The van der Waals surface area contributed by atoms with Crippen molar-refractivity contribution in [2.75, 3.05) is 0 Å². The molecule has 0 radical (unpaired) electrons. The number of benzene rings is 1. The lowest BCUT2D eigenvalue weighted by atomic mass is 10.0. The van der Waals surface area contributed by atoms with Gasteiger partial charge < -0.3 is 25.1 Å². The van der Waals surface area contributed by atoms with Gasteiger partial charge in [0.1, 0.15) is 0 Å². The molecule has 0 saturated carbocycles. The Morgan fingerprint density at radius 2 is 1.42 bits per heavy atom. The molecule has 0 aliphatic rings. The van der Waals surface area contributed by atoms with E-state index in [2.05, 4.69) is 0 Å². The quantitative estimate of drug-likeness (QED) is 0.462. The van der Waals surface area contributed by atoms with Gasteiger partial charge in [-0.2, -0.15) is 0 Å². The molecule has 1 rings (SSSR count). The molecule has 0 atom stereocenters. The van der Waals surface area contributed by atoms with Gasteiger partial charge in [-0.15, -0.1) is 0 Å². The third-order valence-electron chi connectivity index (χ3n) is 2.12. The first kappa shape index (κ1) is 14.8. The Balaban J connectivity index is 3.87. The molecule has 0 aromatic heterocycles. The summed E-state index contributed by atoms with van der Waals surface area (Å²) in [5.74, 6) is -5.34. The summed E-state index contributed by atoms with van der Waals surface area (Å²) in [5.41, 5.74) is -2.88. The van der Waals surface area contributed by atoms with E-state index in [1.165, 1.54) is 0 Å². The fourth-order valence-electron chi connectivity index (χ4n) is 1.37. The molecule has 10 heteroatoms. The maximum atomic E-state index is 11.2. The number of carboxylic acids is 3. The van der Waals surface area contributed by atoms with Crippen molar-refractivity contribution in [3.05, 3.63) is 28.8 Å². The van der Waals surface area contributed by atoms with Gasteiger partial charge in [0.25, 0.3) is 0 Å². The Morgan fingerprint density at radius 1 is 0.895 bits per heavy atom. The molecule has 5 N–H and O–H groups in total. The van der Waals surface area contributed by atoms with Gasteiger partial charge in [0.05, 0.1) is 22.0 Å². The van der Waals surface area contributed by atoms with Gasteiger partial charge in [-0.1, -0.05) is 0 Å². The minimum atomic E-state index is -5.15. The molecule has 0 saturated heterocycles. The largest absolute Gasteiger partial charge is 0.478 e. The molecule has 1 aromatic rings. The van der Waals surface area contributed by atoms with Crippen LogP contribution in [0.25, 0.3) is 0 Å². The highest BCUT2D eigenvalue weighted by Crippen LogP contribution is 2.36. The molecule has 0 heterocycles. The van der Waals surface area contributed by atoms with Gasteiger partial charge in [0.2, 0.25) is 0 Å². The molecular weight excluding hydrogens is 283 g/mol. The zero-order valence-corrected chi connectivity index (χ0v) is 9.87. The van der Waals surface area contributed by atoms with Crippen molar-refractivity contribution in [3.63, 3.8) is 0 Å². The first-order valence-corrected chi connectivity index (χ1v) is 6.11. The fraction of sp³-hybridized carbons (Fsp3) is 0.